The van der Waals surface area contributed by atoms with Crippen LogP contribution in [0.1, 0.15) is 48.1 Å². The molecule has 0 bridgehead atoms. The van der Waals surface area contributed by atoms with E-state index in [9.17, 15) is 14.7 Å². The van der Waals surface area contributed by atoms with Crippen LogP contribution >= 0.6 is 0 Å². The van der Waals surface area contributed by atoms with Crippen LogP contribution < -0.4 is 14.5 Å². The van der Waals surface area contributed by atoms with Gasteiger partial charge in [-0.25, -0.2) is 0 Å². The molecule has 0 aliphatic carbocycles. The van der Waals surface area contributed by atoms with Gasteiger partial charge in [0.15, 0.2) is 0 Å². The van der Waals surface area contributed by atoms with Crippen LogP contribution in [0.25, 0.3) is 5.76 Å². The molecule has 1 saturated heterocycles. The Morgan fingerprint density at radius 3 is 2.28 bits per heavy atom. The first-order valence-electron chi connectivity index (χ1n) is 12.0. The zero-order valence-corrected chi connectivity index (χ0v) is 21.6. The van der Waals surface area contributed by atoms with Gasteiger partial charge in [0.2, 0.25) is 0 Å². The fraction of sp³-hybridized carbons (Fsp3) is 0.267. The minimum atomic E-state index is -0.771. The highest BCUT2D eigenvalue weighted by atomic mass is 16.5. The molecule has 1 unspecified atom stereocenters. The zero-order chi connectivity index (χ0) is 26.1. The van der Waals surface area contributed by atoms with E-state index in [2.05, 4.69) is 0 Å². The van der Waals surface area contributed by atoms with Crippen LogP contribution in [0.4, 0.5) is 11.4 Å². The predicted octanol–water partition coefficient (Wildman–Crippen LogP) is 5.82. The number of rotatable bonds is 6. The van der Waals surface area contributed by atoms with Crippen molar-refractivity contribution in [1.82, 2.24) is 0 Å². The second-order valence-electron chi connectivity index (χ2n) is 9.61. The van der Waals surface area contributed by atoms with Gasteiger partial charge in [-0.1, -0.05) is 38.1 Å². The monoisotopic (exact) mass is 484 g/mol. The summed E-state index contributed by atoms with van der Waals surface area (Å²) < 4.78 is 5.48. The van der Waals surface area contributed by atoms with Gasteiger partial charge in [0.05, 0.1) is 18.7 Å². The fourth-order valence-corrected chi connectivity index (χ4v) is 4.64. The summed E-state index contributed by atoms with van der Waals surface area (Å²) in [5.74, 6) is -0.733. The smallest absolute Gasteiger partial charge is 0.300 e. The van der Waals surface area contributed by atoms with Gasteiger partial charge in [-0.3, -0.25) is 14.5 Å². The molecule has 6 heteroatoms. The quantitative estimate of drug-likeness (QED) is 0.271. The highest BCUT2D eigenvalue weighted by Crippen LogP contribution is 2.43. The SMILES string of the molecule is COc1ccc(/C(O)=C2/C(=O)C(=O)N(c3cccc(C)c3)C2c2ccc(N(C)C)cc2)cc1C(C)C. The minimum Gasteiger partial charge on any atom is -0.507 e. The number of carbonyl (C=O) groups excluding carboxylic acids is 2. The average Bonchev–Trinajstić information content (AvgIpc) is 3.13. The highest BCUT2D eigenvalue weighted by molar-refractivity contribution is 6.51. The molecule has 0 aromatic heterocycles. The molecule has 1 amide bonds. The summed E-state index contributed by atoms with van der Waals surface area (Å²) in [6.07, 6.45) is 0. The largest absolute Gasteiger partial charge is 0.507 e. The lowest BCUT2D eigenvalue weighted by Gasteiger charge is -2.26. The fourth-order valence-electron chi connectivity index (χ4n) is 4.64. The Hall–Kier alpha value is -4.06. The molecule has 1 atom stereocenters. The molecule has 1 aliphatic heterocycles. The zero-order valence-electron chi connectivity index (χ0n) is 21.6. The summed E-state index contributed by atoms with van der Waals surface area (Å²) in [7, 11) is 5.50. The van der Waals surface area contributed by atoms with Crippen molar-refractivity contribution in [1.29, 1.82) is 0 Å². The van der Waals surface area contributed by atoms with E-state index < -0.39 is 17.7 Å². The van der Waals surface area contributed by atoms with Crippen molar-refractivity contribution in [2.45, 2.75) is 32.7 Å². The predicted molar refractivity (Wildman–Crippen MR) is 144 cm³/mol. The number of anilines is 2. The number of aryl methyl sites for hydroxylation is 1. The maximum Gasteiger partial charge on any atom is 0.300 e. The third kappa shape index (κ3) is 4.47. The lowest BCUT2D eigenvalue weighted by atomic mass is 9.93. The minimum absolute atomic E-state index is 0.0685. The summed E-state index contributed by atoms with van der Waals surface area (Å²) in [4.78, 5) is 30.3. The van der Waals surface area contributed by atoms with Crippen LogP contribution in [0.2, 0.25) is 0 Å². The number of aliphatic hydroxyl groups is 1. The highest BCUT2D eigenvalue weighted by Gasteiger charge is 2.47. The van der Waals surface area contributed by atoms with Crippen molar-refractivity contribution >= 4 is 28.8 Å². The molecule has 4 rings (SSSR count). The van der Waals surface area contributed by atoms with E-state index in [-0.39, 0.29) is 17.3 Å². The van der Waals surface area contributed by atoms with Crippen molar-refractivity contribution in [3.63, 3.8) is 0 Å². The normalized spacial score (nSPS) is 17.1. The second kappa shape index (κ2) is 9.90. The summed E-state index contributed by atoms with van der Waals surface area (Å²) in [5, 5.41) is 11.5. The average molecular weight is 485 g/mol. The number of Topliss-reactive ketones (excluding diaryl/α,β-unsaturated/α-hetero) is 1. The van der Waals surface area contributed by atoms with Crippen molar-refractivity contribution < 1.29 is 19.4 Å². The third-order valence-electron chi connectivity index (χ3n) is 6.57. The summed E-state index contributed by atoms with van der Waals surface area (Å²) >= 11 is 0. The Labute approximate surface area is 212 Å². The van der Waals surface area contributed by atoms with E-state index in [1.54, 1.807) is 19.2 Å². The van der Waals surface area contributed by atoms with Crippen LogP contribution in [0.3, 0.4) is 0 Å². The van der Waals surface area contributed by atoms with Gasteiger partial charge in [-0.2, -0.15) is 0 Å². The molecular formula is C30H32N2O4. The van der Waals surface area contributed by atoms with E-state index in [0.29, 0.717) is 17.0 Å². The van der Waals surface area contributed by atoms with Crippen LogP contribution in [0.5, 0.6) is 5.75 Å². The number of hydrogen-bond donors (Lipinski definition) is 1. The van der Waals surface area contributed by atoms with Crippen LogP contribution in [-0.2, 0) is 9.59 Å². The van der Waals surface area contributed by atoms with Crippen molar-refractivity contribution in [3.8, 4) is 5.75 Å². The Morgan fingerprint density at radius 1 is 1.00 bits per heavy atom. The molecule has 1 fully saturated rings. The first-order chi connectivity index (χ1) is 17.1. The standard InChI is InChI=1S/C30H32N2O4/c1-18(2)24-17-21(12-15-25(24)36-6)28(33)26-27(20-10-13-22(14-11-20)31(4)5)32(30(35)29(26)34)23-9-7-8-19(3)16-23/h7-18,27,33H,1-6H3/b28-26-. The summed E-state index contributed by atoms with van der Waals surface area (Å²) in [6.45, 7) is 6.00. The van der Waals surface area contributed by atoms with Crippen molar-refractivity contribution in [2.24, 2.45) is 0 Å². The van der Waals surface area contributed by atoms with E-state index >= 15 is 0 Å². The number of amides is 1. The van der Waals surface area contributed by atoms with E-state index in [1.165, 1.54) is 4.90 Å². The molecule has 36 heavy (non-hydrogen) atoms. The lowest BCUT2D eigenvalue weighted by molar-refractivity contribution is -0.132. The number of ketones is 1. The number of nitrogens with zero attached hydrogens (tertiary/aromatic N) is 2. The number of benzene rings is 3. The molecule has 1 heterocycles. The van der Waals surface area contributed by atoms with Gasteiger partial charge in [-0.15, -0.1) is 0 Å². The van der Waals surface area contributed by atoms with Crippen LogP contribution in [0, 0.1) is 6.92 Å². The van der Waals surface area contributed by atoms with Gasteiger partial charge in [0.1, 0.15) is 11.5 Å². The van der Waals surface area contributed by atoms with Crippen molar-refractivity contribution in [3.05, 3.63) is 94.6 Å². The van der Waals surface area contributed by atoms with Crippen LogP contribution in [-0.4, -0.2) is 38.0 Å². The van der Waals surface area contributed by atoms with Gasteiger partial charge >= 0.3 is 0 Å². The molecular weight excluding hydrogens is 452 g/mol. The Kier molecular flexibility index (Phi) is 6.88. The first-order valence-corrected chi connectivity index (χ1v) is 12.0. The summed E-state index contributed by atoms with van der Waals surface area (Å²) in [6, 6.07) is 19.7. The molecule has 1 N–H and O–H groups in total. The topological polar surface area (TPSA) is 70.1 Å². The lowest BCUT2D eigenvalue weighted by Crippen LogP contribution is -2.29. The van der Waals surface area contributed by atoms with E-state index in [0.717, 1.165) is 22.4 Å². The number of carbonyl (C=O) groups is 2. The van der Waals surface area contributed by atoms with Gasteiger partial charge in [-0.05, 0) is 72.0 Å². The molecule has 0 saturated carbocycles. The Balaban J connectivity index is 1.94. The number of ether oxygens (including phenoxy) is 1. The molecule has 3 aromatic rings. The molecule has 6 nitrogen and oxygen atoms in total. The molecule has 1 aliphatic rings. The second-order valence-corrected chi connectivity index (χ2v) is 9.61. The number of methoxy groups -OCH3 is 1. The molecule has 186 valence electrons. The van der Waals surface area contributed by atoms with E-state index in [1.807, 2.05) is 94.4 Å². The maximum absolute atomic E-state index is 13.4. The Bertz CT molecular complexity index is 1340. The van der Waals surface area contributed by atoms with Crippen molar-refractivity contribution in [2.75, 3.05) is 31.0 Å². The van der Waals surface area contributed by atoms with E-state index in [4.69, 9.17) is 4.74 Å². The molecule has 0 spiro atoms. The number of hydrogen-bond acceptors (Lipinski definition) is 5. The third-order valence-corrected chi connectivity index (χ3v) is 6.57. The van der Waals surface area contributed by atoms with Gasteiger partial charge in [0.25, 0.3) is 11.7 Å². The van der Waals surface area contributed by atoms with Gasteiger partial charge < -0.3 is 14.7 Å². The summed E-state index contributed by atoms with van der Waals surface area (Å²) in [5.41, 5.74) is 4.74. The Morgan fingerprint density at radius 2 is 1.69 bits per heavy atom. The van der Waals surface area contributed by atoms with Gasteiger partial charge in [0, 0.05) is 31.0 Å². The first kappa shape index (κ1) is 25.0. The maximum atomic E-state index is 13.4. The molecule has 0 radical (unpaired) electrons. The number of aliphatic hydroxyl groups excluding tert-OH is 1. The van der Waals surface area contributed by atoms with Crippen LogP contribution in [0.15, 0.2) is 72.3 Å². The molecule has 3 aromatic carbocycles.